The predicted molar refractivity (Wildman–Crippen MR) is 75.5 cm³/mol. The van der Waals surface area contributed by atoms with Crippen LogP contribution < -0.4 is 4.90 Å². The molecular formula is C14H20BrNO. The summed E-state index contributed by atoms with van der Waals surface area (Å²) in [5.41, 5.74) is 2.47. The molecule has 0 radical (unpaired) electrons. The van der Waals surface area contributed by atoms with Crippen molar-refractivity contribution in [3.8, 4) is 0 Å². The quantitative estimate of drug-likeness (QED) is 0.859. The van der Waals surface area contributed by atoms with Gasteiger partial charge in [-0.05, 0) is 52.4 Å². The van der Waals surface area contributed by atoms with Crippen LogP contribution in [0.4, 0.5) is 5.69 Å². The lowest BCUT2D eigenvalue weighted by atomic mass is 9.80. The highest BCUT2D eigenvalue weighted by atomic mass is 79.9. The number of β-amino-alcohol motifs (C(OH)–C–C–N with tert-alkyl or cyclic N) is 1. The summed E-state index contributed by atoms with van der Waals surface area (Å²) >= 11 is 3.61. The average Bonchev–Trinajstić information content (AvgIpc) is 2.23. The number of anilines is 1. The molecule has 1 aromatic carbocycles. The number of nitrogens with zero attached hydrogens (tertiary/aromatic N) is 1. The van der Waals surface area contributed by atoms with Crippen molar-refractivity contribution >= 4 is 21.6 Å². The van der Waals surface area contributed by atoms with Crippen molar-refractivity contribution in [2.75, 3.05) is 18.0 Å². The molecule has 0 bridgehead atoms. The van der Waals surface area contributed by atoms with Gasteiger partial charge in [0, 0.05) is 17.6 Å². The Balaban J connectivity index is 2.19. The molecule has 0 amide bonds. The molecule has 2 nitrogen and oxygen atoms in total. The third-order valence-electron chi connectivity index (χ3n) is 3.77. The number of rotatable bonds is 1. The average molecular weight is 298 g/mol. The van der Waals surface area contributed by atoms with Gasteiger partial charge in [0.2, 0.25) is 0 Å². The van der Waals surface area contributed by atoms with Gasteiger partial charge in [-0.1, -0.05) is 19.9 Å². The Morgan fingerprint density at radius 3 is 2.71 bits per heavy atom. The van der Waals surface area contributed by atoms with E-state index in [1.165, 1.54) is 11.3 Å². The van der Waals surface area contributed by atoms with E-state index in [1.807, 2.05) is 0 Å². The van der Waals surface area contributed by atoms with Crippen LogP contribution in [0.2, 0.25) is 0 Å². The lowest BCUT2D eigenvalue weighted by Crippen LogP contribution is -2.48. The fraction of sp³-hybridized carbons (Fsp3) is 0.571. The topological polar surface area (TPSA) is 23.5 Å². The fourth-order valence-electron chi connectivity index (χ4n) is 2.22. The first kappa shape index (κ1) is 12.9. The Kier molecular flexibility index (Phi) is 3.50. The molecule has 94 valence electrons. The summed E-state index contributed by atoms with van der Waals surface area (Å²) in [7, 11) is 0. The van der Waals surface area contributed by atoms with E-state index < -0.39 is 0 Å². The molecule has 1 saturated heterocycles. The zero-order valence-electron chi connectivity index (χ0n) is 10.7. The lowest BCUT2D eigenvalue weighted by Gasteiger charge is -2.42. The summed E-state index contributed by atoms with van der Waals surface area (Å²) < 4.78 is 1.12. The maximum Gasteiger partial charge on any atom is 0.0766 e. The van der Waals surface area contributed by atoms with E-state index in [0.29, 0.717) is 6.54 Å². The summed E-state index contributed by atoms with van der Waals surface area (Å²) in [4.78, 5) is 2.26. The second-order valence-corrected chi connectivity index (χ2v) is 6.51. The van der Waals surface area contributed by atoms with E-state index in [-0.39, 0.29) is 11.5 Å². The van der Waals surface area contributed by atoms with Crippen molar-refractivity contribution < 1.29 is 5.11 Å². The zero-order valence-corrected chi connectivity index (χ0v) is 12.3. The number of aryl methyl sites for hydroxylation is 1. The molecule has 1 heterocycles. The van der Waals surface area contributed by atoms with Crippen LogP contribution in [0.15, 0.2) is 22.7 Å². The maximum absolute atomic E-state index is 10.2. The minimum Gasteiger partial charge on any atom is -0.391 e. The number of piperidine rings is 1. The van der Waals surface area contributed by atoms with Gasteiger partial charge in [0.25, 0.3) is 0 Å². The number of aliphatic hydroxyl groups excluding tert-OH is 1. The van der Waals surface area contributed by atoms with Crippen molar-refractivity contribution in [1.82, 2.24) is 0 Å². The highest BCUT2D eigenvalue weighted by Crippen LogP contribution is 2.35. The fourth-order valence-corrected chi connectivity index (χ4v) is 2.97. The highest BCUT2D eigenvalue weighted by Gasteiger charge is 2.34. The standard InChI is InChI=1S/C14H20BrNO/c1-10-4-5-12(11(15)8-10)16-7-6-14(2,3)13(17)9-16/h4-5,8,13,17H,6-7,9H2,1-3H3. The first-order chi connectivity index (χ1) is 7.90. The Morgan fingerprint density at radius 1 is 1.41 bits per heavy atom. The van der Waals surface area contributed by atoms with E-state index in [1.54, 1.807) is 0 Å². The molecule has 2 rings (SSSR count). The number of benzene rings is 1. The summed E-state index contributed by atoms with van der Waals surface area (Å²) in [6, 6.07) is 6.37. The smallest absolute Gasteiger partial charge is 0.0766 e. The molecule has 1 fully saturated rings. The second kappa shape index (κ2) is 4.62. The van der Waals surface area contributed by atoms with Crippen LogP contribution in [0.1, 0.15) is 25.8 Å². The molecule has 1 atom stereocenters. The second-order valence-electron chi connectivity index (χ2n) is 5.66. The molecule has 0 aliphatic carbocycles. The summed E-state index contributed by atoms with van der Waals surface area (Å²) in [5.74, 6) is 0. The van der Waals surface area contributed by atoms with Gasteiger partial charge in [0.05, 0.1) is 11.8 Å². The van der Waals surface area contributed by atoms with E-state index in [4.69, 9.17) is 0 Å². The van der Waals surface area contributed by atoms with Gasteiger partial charge < -0.3 is 10.0 Å². The molecule has 1 aromatic rings. The molecule has 3 heteroatoms. The lowest BCUT2D eigenvalue weighted by molar-refractivity contribution is 0.0351. The van der Waals surface area contributed by atoms with Gasteiger partial charge in [-0.15, -0.1) is 0 Å². The highest BCUT2D eigenvalue weighted by molar-refractivity contribution is 9.10. The van der Waals surface area contributed by atoms with Gasteiger partial charge in [0.1, 0.15) is 0 Å². The van der Waals surface area contributed by atoms with E-state index in [0.717, 1.165) is 17.4 Å². The van der Waals surface area contributed by atoms with Crippen LogP contribution in [-0.4, -0.2) is 24.3 Å². The van der Waals surface area contributed by atoms with Crippen molar-refractivity contribution in [1.29, 1.82) is 0 Å². The Morgan fingerprint density at radius 2 is 2.12 bits per heavy atom. The minimum absolute atomic E-state index is 0.0354. The van der Waals surface area contributed by atoms with Gasteiger partial charge in [-0.2, -0.15) is 0 Å². The van der Waals surface area contributed by atoms with E-state index in [2.05, 4.69) is 59.8 Å². The molecule has 1 unspecified atom stereocenters. The molecule has 1 aliphatic heterocycles. The van der Waals surface area contributed by atoms with Crippen molar-refractivity contribution in [3.63, 3.8) is 0 Å². The number of hydrogen-bond donors (Lipinski definition) is 1. The molecule has 0 saturated carbocycles. The van der Waals surface area contributed by atoms with Crippen LogP contribution >= 0.6 is 15.9 Å². The van der Waals surface area contributed by atoms with Crippen molar-refractivity contribution in [2.24, 2.45) is 5.41 Å². The zero-order chi connectivity index (χ0) is 12.6. The minimum atomic E-state index is -0.260. The number of hydrogen-bond acceptors (Lipinski definition) is 2. The molecule has 0 aromatic heterocycles. The predicted octanol–water partition coefficient (Wildman–Crippen LogP) is 3.35. The Hall–Kier alpha value is -0.540. The van der Waals surface area contributed by atoms with Crippen LogP contribution in [-0.2, 0) is 0 Å². The SMILES string of the molecule is Cc1ccc(N2CCC(C)(C)C(O)C2)c(Br)c1. The van der Waals surface area contributed by atoms with Crippen LogP contribution in [0.25, 0.3) is 0 Å². The van der Waals surface area contributed by atoms with Crippen LogP contribution in [0, 0.1) is 12.3 Å². The van der Waals surface area contributed by atoms with Crippen LogP contribution in [0.3, 0.4) is 0 Å². The molecular weight excluding hydrogens is 278 g/mol. The Labute approximate surface area is 112 Å². The third-order valence-corrected chi connectivity index (χ3v) is 4.40. The summed E-state index contributed by atoms with van der Waals surface area (Å²) in [6.45, 7) is 8.08. The molecule has 1 aliphatic rings. The van der Waals surface area contributed by atoms with E-state index in [9.17, 15) is 5.11 Å². The monoisotopic (exact) mass is 297 g/mol. The maximum atomic E-state index is 10.2. The van der Waals surface area contributed by atoms with Gasteiger partial charge >= 0.3 is 0 Å². The normalized spacial score (nSPS) is 23.8. The van der Waals surface area contributed by atoms with Crippen molar-refractivity contribution in [3.05, 3.63) is 28.2 Å². The van der Waals surface area contributed by atoms with Crippen LogP contribution in [0.5, 0.6) is 0 Å². The number of aliphatic hydroxyl groups is 1. The van der Waals surface area contributed by atoms with Crippen molar-refractivity contribution in [2.45, 2.75) is 33.3 Å². The van der Waals surface area contributed by atoms with Gasteiger partial charge in [-0.3, -0.25) is 0 Å². The molecule has 1 N–H and O–H groups in total. The summed E-state index contributed by atoms with van der Waals surface area (Å²) in [6.07, 6.45) is 0.763. The number of halogens is 1. The third kappa shape index (κ3) is 2.66. The first-order valence-corrected chi connectivity index (χ1v) is 6.88. The largest absolute Gasteiger partial charge is 0.391 e. The molecule has 0 spiro atoms. The Bertz CT molecular complexity index is 417. The summed E-state index contributed by atoms with van der Waals surface area (Å²) in [5, 5.41) is 10.2. The molecule has 17 heavy (non-hydrogen) atoms. The van der Waals surface area contributed by atoms with Gasteiger partial charge in [0.15, 0.2) is 0 Å². The van der Waals surface area contributed by atoms with E-state index >= 15 is 0 Å². The first-order valence-electron chi connectivity index (χ1n) is 6.09. The van der Waals surface area contributed by atoms with Gasteiger partial charge in [-0.25, -0.2) is 0 Å².